The van der Waals surface area contributed by atoms with E-state index in [9.17, 15) is 23.5 Å². The molecule has 206 valence electrons. The molecule has 10 heteroatoms. The number of carbonyl (C=O) groups is 2. The summed E-state index contributed by atoms with van der Waals surface area (Å²) in [6.45, 7) is 9.93. The normalized spacial score (nSPS) is 15.9. The van der Waals surface area contributed by atoms with Gasteiger partial charge >= 0.3 is 6.09 Å². The van der Waals surface area contributed by atoms with Crippen LogP contribution in [0.1, 0.15) is 54.4 Å². The predicted octanol–water partition coefficient (Wildman–Crippen LogP) is 5.53. The predicted molar refractivity (Wildman–Crippen MR) is 145 cm³/mol. The topological polar surface area (TPSA) is 98.7 Å². The summed E-state index contributed by atoms with van der Waals surface area (Å²) in [6, 6.07) is 10.3. The van der Waals surface area contributed by atoms with Crippen molar-refractivity contribution in [1.29, 1.82) is 0 Å². The summed E-state index contributed by atoms with van der Waals surface area (Å²) >= 11 is 0. The van der Waals surface area contributed by atoms with Crippen LogP contribution in [0.5, 0.6) is 0 Å². The average molecular weight is 538 g/mol. The number of nitrogens with one attached hydrogen (secondary N) is 1. The van der Waals surface area contributed by atoms with Gasteiger partial charge in [-0.1, -0.05) is 39.0 Å². The highest BCUT2D eigenvalue weighted by Crippen LogP contribution is 2.35. The Bertz CT molecular complexity index is 1340. The zero-order valence-electron chi connectivity index (χ0n) is 22.5. The second-order valence-electron chi connectivity index (χ2n) is 10.8. The molecule has 1 aliphatic rings. The zero-order chi connectivity index (χ0) is 28.3. The average Bonchev–Trinajstić information content (AvgIpc) is 2.91. The van der Waals surface area contributed by atoms with Crippen LogP contribution in [-0.2, 0) is 6.54 Å². The van der Waals surface area contributed by atoms with Crippen molar-refractivity contribution in [2.24, 2.45) is 5.41 Å². The number of hydrogen-bond acceptors (Lipinski definition) is 5. The maximum Gasteiger partial charge on any atom is 0.407 e. The number of pyridine rings is 2. The molecular formula is C29H33F2N5O3. The number of hydrogen-bond donors (Lipinski definition) is 2. The van der Waals surface area contributed by atoms with E-state index >= 15 is 0 Å². The second kappa shape index (κ2) is 11.3. The van der Waals surface area contributed by atoms with Crippen molar-refractivity contribution in [1.82, 2.24) is 20.2 Å². The van der Waals surface area contributed by atoms with E-state index in [1.165, 1.54) is 11.0 Å². The van der Waals surface area contributed by atoms with Gasteiger partial charge in [-0.2, -0.15) is 0 Å². The van der Waals surface area contributed by atoms with E-state index in [1.807, 2.05) is 37.4 Å². The van der Waals surface area contributed by atoms with E-state index in [1.54, 1.807) is 6.20 Å². The maximum atomic E-state index is 12.7. The fourth-order valence-corrected chi connectivity index (χ4v) is 4.86. The third-order valence-electron chi connectivity index (χ3n) is 7.13. The highest BCUT2D eigenvalue weighted by Gasteiger charge is 2.38. The lowest BCUT2D eigenvalue weighted by atomic mass is 9.84. The van der Waals surface area contributed by atoms with Gasteiger partial charge in [-0.3, -0.25) is 14.8 Å². The van der Waals surface area contributed by atoms with Crippen LogP contribution in [0.3, 0.4) is 0 Å². The molecule has 0 saturated carbocycles. The van der Waals surface area contributed by atoms with Gasteiger partial charge in [-0.05, 0) is 47.2 Å². The summed E-state index contributed by atoms with van der Waals surface area (Å²) in [5.74, 6) is -0.392. The molecule has 2 amide bonds. The minimum atomic E-state index is -2.68. The molecule has 3 heterocycles. The summed E-state index contributed by atoms with van der Waals surface area (Å²) in [5, 5.41) is 12.6. The van der Waals surface area contributed by atoms with E-state index in [0.29, 0.717) is 19.6 Å². The number of rotatable bonds is 6. The second-order valence-corrected chi connectivity index (χ2v) is 10.8. The van der Waals surface area contributed by atoms with Crippen LogP contribution in [-0.4, -0.2) is 57.7 Å². The Balaban J connectivity index is 1.51. The van der Waals surface area contributed by atoms with Gasteiger partial charge in [0.2, 0.25) is 0 Å². The SMILES string of the molecule is Cc1cc(-c2ccncc2N2CCN(C(=O)O)C(C(C)(C)C)C2)ccc1CNC(=O)c1ccc(C(F)F)nc1. The van der Waals surface area contributed by atoms with Crippen LogP contribution in [0.15, 0.2) is 55.0 Å². The van der Waals surface area contributed by atoms with E-state index in [2.05, 4.69) is 41.0 Å². The molecule has 0 bridgehead atoms. The van der Waals surface area contributed by atoms with Crippen LogP contribution in [0.25, 0.3) is 11.1 Å². The molecule has 1 aliphatic heterocycles. The molecule has 1 saturated heterocycles. The molecule has 0 aliphatic carbocycles. The molecule has 1 aromatic carbocycles. The fourth-order valence-electron chi connectivity index (χ4n) is 4.86. The molecule has 2 aromatic heterocycles. The highest BCUT2D eigenvalue weighted by molar-refractivity contribution is 5.93. The molecular weight excluding hydrogens is 504 g/mol. The van der Waals surface area contributed by atoms with Crippen LogP contribution < -0.4 is 10.2 Å². The molecule has 2 N–H and O–H groups in total. The number of aromatic nitrogens is 2. The Morgan fingerprint density at radius 3 is 2.51 bits per heavy atom. The van der Waals surface area contributed by atoms with Gasteiger partial charge in [0, 0.05) is 44.1 Å². The van der Waals surface area contributed by atoms with Crippen molar-refractivity contribution in [2.75, 3.05) is 24.5 Å². The third-order valence-corrected chi connectivity index (χ3v) is 7.13. The van der Waals surface area contributed by atoms with Gasteiger partial charge in [-0.25, -0.2) is 13.6 Å². The van der Waals surface area contributed by atoms with E-state index in [4.69, 9.17) is 0 Å². The summed E-state index contributed by atoms with van der Waals surface area (Å²) < 4.78 is 25.4. The number of aryl methyl sites for hydroxylation is 1. The monoisotopic (exact) mass is 537 g/mol. The Labute approximate surface area is 226 Å². The van der Waals surface area contributed by atoms with Crippen molar-refractivity contribution in [2.45, 2.75) is 46.7 Å². The number of carbonyl (C=O) groups excluding carboxylic acids is 1. The van der Waals surface area contributed by atoms with Crippen LogP contribution >= 0.6 is 0 Å². The number of amides is 2. The summed E-state index contributed by atoms with van der Waals surface area (Å²) in [4.78, 5) is 36.1. The first-order valence-electron chi connectivity index (χ1n) is 12.8. The van der Waals surface area contributed by atoms with Crippen LogP contribution in [0, 0.1) is 12.3 Å². The van der Waals surface area contributed by atoms with Crippen molar-refractivity contribution >= 4 is 17.7 Å². The van der Waals surface area contributed by atoms with Crippen molar-refractivity contribution in [3.05, 3.63) is 77.4 Å². The smallest absolute Gasteiger partial charge is 0.407 e. The fraction of sp³-hybridized carbons (Fsp3) is 0.379. The Hall–Kier alpha value is -4.08. The highest BCUT2D eigenvalue weighted by atomic mass is 19.3. The first-order chi connectivity index (χ1) is 18.5. The molecule has 4 rings (SSSR count). The number of halogens is 2. The molecule has 1 fully saturated rings. The number of alkyl halides is 2. The molecule has 39 heavy (non-hydrogen) atoms. The summed E-state index contributed by atoms with van der Waals surface area (Å²) in [7, 11) is 0. The lowest BCUT2D eigenvalue weighted by molar-refractivity contribution is 0.0748. The van der Waals surface area contributed by atoms with Gasteiger partial charge < -0.3 is 20.2 Å². The first-order valence-corrected chi connectivity index (χ1v) is 12.8. The van der Waals surface area contributed by atoms with Gasteiger partial charge in [-0.15, -0.1) is 0 Å². The standard InChI is InChI=1S/C29H33F2N5O3/c1-18-13-19(5-6-20(18)14-34-27(37)21-7-8-23(26(30)31)33-15-21)22-9-10-32-16-24(22)35-11-12-36(28(38)39)25(17-35)29(2,3)4/h5-10,13,15-16,25-26H,11-12,14,17H2,1-4H3,(H,34,37)(H,38,39). The molecule has 1 unspecified atom stereocenters. The van der Waals surface area contributed by atoms with E-state index in [0.717, 1.165) is 40.2 Å². The number of anilines is 1. The van der Waals surface area contributed by atoms with Crippen molar-refractivity contribution < 1.29 is 23.5 Å². The van der Waals surface area contributed by atoms with Gasteiger partial charge in [0.1, 0.15) is 5.69 Å². The zero-order valence-corrected chi connectivity index (χ0v) is 22.5. The lowest BCUT2D eigenvalue weighted by Gasteiger charge is -2.47. The maximum absolute atomic E-state index is 12.7. The molecule has 1 atom stereocenters. The quantitative estimate of drug-likeness (QED) is 0.429. The number of nitrogens with zero attached hydrogens (tertiary/aromatic N) is 4. The Morgan fingerprint density at radius 2 is 1.90 bits per heavy atom. The first kappa shape index (κ1) is 27.9. The van der Waals surface area contributed by atoms with Crippen molar-refractivity contribution in [3.63, 3.8) is 0 Å². The molecule has 0 radical (unpaired) electrons. The van der Waals surface area contributed by atoms with Crippen molar-refractivity contribution in [3.8, 4) is 11.1 Å². The third kappa shape index (κ3) is 6.32. The molecule has 3 aromatic rings. The Kier molecular flexibility index (Phi) is 8.13. The van der Waals surface area contributed by atoms with Crippen LogP contribution in [0.2, 0.25) is 0 Å². The lowest BCUT2D eigenvalue weighted by Crippen LogP contribution is -2.59. The Morgan fingerprint density at radius 1 is 1.13 bits per heavy atom. The summed E-state index contributed by atoms with van der Waals surface area (Å²) in [5.41, 5.74) is 4.43. The van der Waals surface area contributed by atoms with Gasteiger partial charge in [0.05, 0.1) is 23.5 Å². The van der Waals surface area contributed by atoms with E-state index < -0.39 is 18.4 Å². The minimum absolute atomic E-state index is 0.175. The molecule has 8 nitrogen and oxygen atoms in total. The minimum Gasteiger partial charge on any atom is -0.465 e. The van der Waals surface area contributed by atoms with Crippen LogP contribution in [0.4, 0.5) is 19.3 Å². The van der Waals surface area contributed by atoms with Gasteiger partial charge in [0.25, 0.3) is 12.3 Å². The number of benzene rings is 1. The largest absolute Gasteiger partial charge is 0.465 e. The number of piperazine rings is 1. The van der Waals surface area contributed by atoms with Gasteiger partial charge in [0.15, 0.2) is 0 Å². The molecule has 0 spiro atoms. The number of carboxylic acid groups (broad SMARTS) is 1. The summed E-state index contributed by atoms with van der Waals surface area (Å²) in [6.07, 6.45) is 1.13. The van der Waals surface area contributed by atoms with E-state index in [-0.39, 0.29) is 29.3 Å².